The Morgan fingerprint density at radius 2 is 2.11 bits per heavy atom. The zero-order valence-electron chi connectivity index (χ0n) is 14.9. The number of H-pyrrole nitrogens is 1. The molecule has 0 unspecified atom stereocenters. The number of hydrogen-bond donors (Lipinski definition) is 2. The maximum atomic E-state index is 13.0. The highest BCUT2D eigenvalue weighted by Crippen LogP contribution is 2.34. The third-order valence-corrected chi connectivity index (χ3v) is 4.73. The molecule has 12 heteroatoms. The first kappa shape index (κ1) is 20.2. The number of carbonyl (C=O) groups excluding carboxylic acids is 1. The summed E-state index contributed by atoms with van der Waals surface area (Å²) in [5, 5.41) is 6.05. The number of anilines is 1. The summed E-state index contributed by atoms with van der Waals surface area (Å²) in [6.07, 6.45) is -1.62. The van der Waals surface area contributed by atoms with Gasteiger partial charge in [0.05, 0.1) is 17.8 Å². The van der Waals surface area contributed by atoms with E-state index in [1.54, 1.807) is 29.6 Å². The van der Waals surface area contributed by atoms with E-state index in [2.05, 4.69) is 15.0 Å². The van der Waals surface area contributed by atoms with Crippen LogP contribution in [0.3, 0.4) is 0 Å². The van der Waals surface area contributed by atoms with E-state index in [4.69, 9.17) is 0 Å². The van der Waals surface area contributed by atoms with Crippen molar-refractivity contribution in [2.24, 2.45) is 5.92 Å². The number of amides is 1. The topological polar surface area (TPSA) is 77.2 Å². The average molecular weight is 406 g/mol. The number of hydrazine groups is 1. The number of rotatable bonds is 5. The number of halogens is 5. The van der Waals surface area contributed by atoms with E-state index in [1.165, 1.54) is 6.33 Å². The van der Waals surface area contributed by atoms with Gasteiger partial charge in [-0.3, -0.25) is 9.80 Å². The summed E-state index contributed by atoms with van der Waals surface area (Å²) in [5.74, 6) is -5.90. The van der Waals surface area contributed by atoms with Gasteiger partial charge in [0, 0.05) is 26.3 Å². The van der Waals surface area contributed by atoms with E-state index in [0.29, 0.717) is 30.9 Å². The zero-order chi connectivity index (χ0) is 20.5. The summed E-state index contributed by atoms with van der Waals surface area (Å²) in [4.78, 5) is 23.5. The van der Waals surface area contributed by atoms with Gasteiger partial charge in [-0.15, -0.1) is 0 Å². The number of fused-ring (bicyclic) bond motifs is 1. The van der Waals surface area contributed by atoms with Crippen molar-refractivity contribution >= 4 is 22.8 Å². The summed E-state index contributed by atoms with van der Waals surface area (Å²) >= 11 is 0. The molecule has 28 heavy (non-hydrogen) atoms. The van der Waals surface area contributed by atoms with Gasteiger partial charge in [0.15, 0.2) is 5.82 Å². The maximum absolute atomic E-state index is 13.0. The van der Waals surface area contributed by atoms with E-state index in [-0.39, 0.29) is 6.54 Å². The fraction of sp³-hybridized carbons (Fsp3) is 0.562. The quantitative estimate of drug-likeness (QED) is 0.746. The predicted molar refractivity (Wildman–Crippen MR) is 90.6 cm³/mol. The molecule has 0 aromatic carbocycles. The largest absolute Gasteiger partial charge is 0.455 e. The van der Waals surface area contributed by atoms with Crippen molar-refractivity contribution in [1.29, 1.82) is 0 Å². The maximum Gasteiger partial charge on any atom is 0.455 e. The summed E-state index contributed by atoms with van der Waals surface area (Å²) < 4.78 is 62.8. The van der Waals surface area contributed by atoms with Crippen LogP contribution in [0.5, 0.6) is 0 Å². The van der Waals surface area contributed by atoms with Gasteiger partial charge in [-0.2, -0.15) is 22.0 Å². The summed E-state index contributed by atoms with van der Waals surface area (Å²) in [6, 6.07) is 1.80. The lowest BCUT2D eigenvalue weighted by atomic mass is 9.98. The van der Waals surface area contributed by atoms with E-state index in [0.717, 1.165) is 5.39 Å². The van der Waals surface area contributed by atoms with Crippen molar-refractivity contribution in [2.75, 3.05) is 31.7 Å². The highest BCUT2D eigenvalue weighted by molar-refractivity contribution is 5.87. The monoisotopic (exact) mass is 406 g/mol. The number of nitrogens with one attached hydrogen (secondary N) is 2. The van der Waals surface area contributed by atoms with E-state index in [1.807, 2.05) is 5.01 Å². The molecule has 1 aliphatic heterocycles. The molecule has 2 aromatic heterocycles. The second kappa shape index (κ2) is 7.49. The molecule has 0 saturated carbocycles. The smallest absolute Gasteiger partial charge is 0.349 e. The molecule has 1 saturated heterocycles. The molecule has 0 bridgehead atoms. The molecule has 2 N–H and O–H groups in total. The van der Waals surface area contributed by atoms with Gasteiger partial charge >= 0.3 is 12.1 Å². The van der Waals surface area contributed by atoms with Crippen LogP contribution in [-0.4, -0.2) is 64.6 Å². The molecule has 7 nitrogen and oxygen atoms in total. The van der Waals surface area contributed by atoms with E-state index < -0.39 is 30.5 Å². The van der Waals surface area contributed by atoms with Gasteiger partial charge in [-0.1, -0.05) is 0 Å². The third-order valence-electron chi connectivity index (χ3n) is 4.73. The molecule has 154 valence electrons. The number of nitrogens with zero attached hydrogens (tertiary/aromatic N) is 4. The lowest BCUT2D eigenvalue weighted by Crippen LogP contribution is -2.52. The Morgan fingerprint density at radius 1 is 1.36 bits per heavy atom. The lowest BCUT2D eigenvalue weighted by molar-refractivity contribution is -0.278. The van der Waals surface area contributed by atoms with Crippen molar-refractivity contribution in [1.82, 2.24) is 25.3 Å². The molecule has 1 aliphatic rings. The molecule has 1 fully saturated rings. The van der Waals surface area contributed by atoms with Crippen LogP contribution in [-0.2, 0) is 4.79 Å². The van der Waals surface area contributed by atoms with Crippen molar-refractivity contribution < 1.29 is 26.7 Å². The molecule has 1 amide bonds. The van der Waals surface area contributed by atoms with Crippen LogP contribution in [0.25, 0.3) is 11.0 Å². The first-order valence-electron chi connectivity index (χ1n) is 8.59. The standard InChI is InChI=1S/C16H19F5N6O/c1-26(13-11-4-5-22-12(11)24-9-25-13)27-6-2-3-10(7-27)14(28)23-8-15(17,18)16(19,20)21/h4-5,9-10H,2-3,6-8H2,1H3,(H,23,28)(H,22,24,25)/t10-/m1/s1. The van der Waals surface area contributed by atoms with Gasteiger partial charge in [0.2, 0.25) is 5.91 Å². The lowest BCUT2D eigenvalue weighted by Gasteiger charge is -2.38. The summed E-state index contributed by atoms with van der Waals surface area (Å²) in [7, 11) is 1.74. The fourth-order valence-electron chi connectivity index (χ4n) is 3.14. The van der Waals surface area contributed by atoms with Crippen LogP contribution in [0.2, 0.25) is 0 Å². The number of piperidine rings is 1. The minimum Gasteiger partial charge on any atom is -0.349 e. The number of carbonyl (C=O) groups is 1. The van der Waals surface area contributed by atoms with Gasteiger partial charge in [0.1, 0.15) is 12.0 Å². The van der Waals surface area contributed by atoms with Crippen molar-refractivity contribution in [2.45, 2.75) is 24.9 Å². The SMILES string of the molecule is CN(c1ncnc2[nH]ccc12)N1CCC[C@@H](C(=O)NCC(F)(F)C(F)(F)F)C1. The van der Waals surface area contributed by atoms with Crippen LogP contribution in [0, 0.1) is 5.92 Å². The molecule has 2 aromatic rings. The van der Waals surface area contributed by atoms with Gasteiger partial charge in [0.25, 0.3) is 0 Å². The molecule has 0 radical (unpaired) electrons. The van der Waals surface area contributed by atoms with Gasteiger partial charge in [-0.05, 0) is 18.9 Å². The molecule has 0 aliphatic carbocycles. The van der Waals surface area contributed by atoms with Crippen LogP contribution < -0.4 is 10.3 Å². The van der Waals surface area contributed by atoms with E-state index >= 15 is 0 Å². The predicted octanol–water partition coefficient (Wildman–Crippen LogP) is 2.33. The number of aromatic amines is 1. The highest BCUT2D eigenvalue weighted by Gasteiger charge is 2.57. The van der Waals surface area contributed by atoms with Crippen molar-refractivity contribution in [3.8, 4) is 0 Å². The first-order valence-corrected chi connectivity index (χ1v) is 8.59. The molecular formula is C16H19F5N6O. The number of hydrogen-bond acceptors (Lipinski definition) is 5. The Hall–Kier alpha value is -2.50. The summed E-state index contributed by atoms with van der Waals surface area (Å²) in [5.41, 5.74) is 0.637. The molecule has 0 spiro atoms. The Balaban J connectivity index is 1.65. The Kier molecular flexibility index (Phi) is 5.41. The Labute approximate surface area is 156 Å². The zero-order valence-corrected chi connectivity index (χ0v) is 14.9. The molecule has 3 rings (SSSR count). The van der Waals surface area contributed by atoms with Crippen LogP contribution in [0.1, 0.15) is 12.8 Å². The molecule has 3 heterocycles. The fourth-order valence-corrected chi connectivity index (χ4v) is 3.14. The molecular weight excluding hydrogens is 387 g/mol. The van der Waals surface area contributed by atoms with Crippen molar-refractivity contribution in [3.05, 3.63) is 18.6 Å². The summed E-state index contributed by atoms with van der Waals surface area (Å²) in [6.45, 7) is -0.998. The normalized spacial score (nSPS) is 19.0. The van der Waals surface area contributed by atoms with Crippen LogP contribution in [0.15, 0.2) is 18.6 Å². The van der Waals surface area contributed by atoms with E-state index in [9.17, 15) is 26.7 Å². The number of alkyl halides is 5. The first-order chi connectivity index (χ1) is 13.1. The van der Waals surface area contributed by atoms with Crippen molar-refractivity contribution in [3.63, 3.8) is 0 Å². The third kappa shape index (κ3) is 4.01. The highest BCUT2D eigenvalue weighted by atomic mass is 19.4. The molecule has 1 atom stereocenters. The average Bonchev–Trinajstić information content (AvgIpc) is 3.13. The number of aromatic nitrogens is 3. The Bertz CT molecular complexity index is 838. The minimum absolute atomic E-state index is 0.176. The van der Waals surface area contributed by atoms with Crippen LogP contribution in [0.4, 0.5) is 27.8 Å². The minimum atomic E-state index is -5.70. The van der Waals surface area contributed by atoms with Crippen LogP contribution >= 0.6 is 0 Å². The second-order valence-electron chi connectivity index (χ2n) is 6.63. The second-order valence-corrected chi connectivity index (χ2v) is 6.63. The Morgan fingerprint density at radius 3 is 2.82 bits per heavy atom. The van der Waals surface area contributed by atoms with Gasteiger partial charge < -0.3 is 10.3 Å². The van der Waals surface area contributed by atoms with Gasteiger partial charge in [-0.25, -0.2) is 15.0 Å².